The van der Waals surface area contributed by atoms with Crippen LogP contribution in [0, 0.1) is 31.9 Å². The standard InChI is InChI=1S/C25H20IN3O5/c1-16-6-8-20(9-7-16)28-25(30)19(14-27)10-18-12-22(26)24(23(13-18)33-2)34-15-17-4-3-5-21(11-17)29(31)32/h3-13H,15H2,1-2H3,(H,28,30)/b19-10+. The molecule has 0 fully saturated rings. The Bertz CT molecular complexity index is 1300. The minimum absolute atomic E-state index is 0.0174. The lowest BCUT2D eigenvalue weighted by Crippen LogP contribution is -2.13. The van der Waals surface area contributed by atoms with Gasteiger partial charge in [0.2, 0.25) is 0 Å². The van der Waals surface area contributed by atoms with E-state index >= 15 is 0 Å². The highest BCUT2D eigenvalue weighted by Gasteiger charge is 2.15. The van der Waals surface area contributed by atoms with Gasteiger partial charge in [-0.25, -0.2) is 0 Å². The van der Waals surface area contributed by atoms with E-state index in [2.05, 4.69) is 27.9 Å². The van der Waals surface area contributed by atoms with Gasteiger partial charge >= 0.3 is 0 Å². The average molecular weight is 569 g/mol. The van der Waals surface area contributed by atoms with Crippen molar-refractivity contribution in [2.24, 2.45) is 0 Å². The summed E-state index contributed by atoms with van der Waals surface area (Å²) >= 11 is 2.07. The molecule has 9 heteroatoms. The summed E-state index contributed by atoms with van der Waals surface area (Å²) in [6, 6.07) is 18.8. The largest absolute Gasteiger partial charge is 0.493 e. The van der Waals surface area contributed by atoms with E-state index in [1.54, 1.807) is 36.4 Å². The number of hydrogen-bond donors (Lipinski definition) is 1. The molecule has 0 aliphatic carbocycles. The van der Waals surface area contributed by atoms with E-state index in [0.29, 0.717) is 31.9 Å². The van der Waals surface area contributed by atoms with Gasteiger partial charge in [-0.3, -0.25) is 14.9 Å². The lowest BCUT2D eigenvalue weighted by molar-refractivity contribution is -0.384. The zero-order valence-corrected chi connectivity index (χ0v) is 20.5. The number of halogens is 1. The number of nitriles is 1. The summed E-state index contributed by atoms with van der Waals surface area (Å²) in [7, 11) is 1.48. The summed E-state index contributed by atoms with van der Waals surface area (Å²) in [6.07, 6.45) is 1.47. The van der Waals surface area contributed by atoms with Crippen LogP contribution in [-0.4, -0.2) is 17.9 Å². The molecule has 8 nitrogen and oxygen atoms in total. The van der Waals surface area contributed by atoms with Crippen LogP contribution in [0.25, 0.3) is 6.08 Å². The predicted molar refractivity (Wildman–Crippen MR) is 137 cm³/mol. The normalized spacial score (nSPS) is 10.8. The number of carbonyl (C=O) groups excluding carboxylic acids is 1. The van der Waals surface area contributed by atoms with Crippen molar-refractivity contribution in [3.63, 3.8) is 0 Å². The van der Waals surface area contributed by atoms with Crippen molar-refractivity contribution in [1.29, 1.82) is 5.26 Å². The highest BCUT2D eigenvalue weighted by Crippen LogP contribution is 2.35. The van der Waals surface area contributed by atoms with Crippen molar-refractivity contribution in [2.75, 3.05) is 12.4 Å². The molecule has 3 aromatic rings. The molecule has 0 aliphatic rings. The summed E-state index contributed by atoms with van der Waals surface area (Å²) in [5, 5.41) is 23.2. The number of amides is 1. The lowest BCUT2D eigenvalue weighted by Gasteiger charge is -2.14. The number of hydrogen-bond acceptors (Lipinski definition) is 6. The quantitative estimate of drug-likeness (QED) is 0.124. The van der Waals surface area contributed by atoms with Gasteiger partial charge in [-0.05, 0) is 71.0 Å². The molecule has 0 spiro atoms. The van der Waals surface area contributed by atoms with Crippen molar-refractivity contribution < 1.29 is 19.2 Å². The average Bonchev–Trinajstić information content (AvgIpc) is 2.83. The van der Waals surface area contributed by atoms with Gasteiger partial charge < -0.3 is 14.8 Å². The second-order valence-electron chi connectivity index (χ2n) is 7.24. The molecule has 0 saturated carbocycles. The van der Waals surface area contributed by atoms with Crippen LogP contribution in [-0.2, 0) is 11.4 Å². The van der Waals surface area contributed by atoms with Gasteiger partial charge in [-0.1, -0.05) is 29.8 Å². The maximum Gasteiger partial charge on any atom is 0.269 e. The van der Waals surface area contributed by atoms with Crippen molar-refractivity contribution in [3.05, 3.63) is 96.6 Å². The zero-order chi connectivity index (χ0) is 24.7. The number of nitrogens with one attached hydrogen (secondary N) is 1. The molecule has 0 unspecified atom stereocenters. The van der Waals surface area contributed by atoms with Gasteiger partial charge in [0, 0.05) is 17.8 Å². The molecule has 0 atom stereocenters. The number of benzene rings is 3. The molecule has 0 radical (unpaired) electrons. The molecular formula is C25H20IN3O5. The Balaban J connectivity index is 1.81. The van der Waals surface area contributed by atoms with E-state index in [1.807, 2.05) is 25.1 Å². The molecule has 172 valence electrons. The Labute approximate surface area is 210 Å². The summed E-state index contributed by atoms with van der Waals surface area (Å²) < 4.78 is 12.0. The summed E-state index contributed by atoms with van der Waals surface area (Å²) in [4.78, 5) is 23.1. The number of ether oxygens (including phenoxy) is 2. The molecular weight excluding hydrogens is 549 g/mol. The topological polar surface area (TPSA) is 114 Å². The number of nitro groups is 1. The van der Waals surface area contributed by atoms with Crippen LogP contribution in [0.3, 0.4) is 0 Å². The molecule has 3 aromatic carbocycles. The molecule has 0 saturated heterocycles. The number of nitro benzene ring substituents is 1. The zero-order valence-electron chi connectivity index (χ0n) is 18.4. The second kappa shape index (κ2) is 11.3. The molecule has 3 rings (SSSR count). The maximum absolute atomic E-state index is 12.6. The molecule has 0 bridgehead atoms. The van der Waals surface area contributed by atoms with Crippen LogP contribution in [0.5, 0.6) is 11.5 Å². The number of methoxy groups -OCH3 is 1. The third kappa shape index (κ3) is 6.32. The molecule has 0 aromatic heterocycles. The number of anilines is 1. The van der Waals surface area contributed by atoms with Gasteiger partial charge in [-0.15, -0.1) is 0 Å². The molecule has 0 heterocycles. The molecule has 1 amide bonds. The number of rotatable bonds is 8. The van der Waals surface area contributed by atoms with Crippen LogP contribution in [0.15, 0.2) is 66.2 Å². The number of carbonyl (C=O) groups is 1. The lowest BCUT2D eigenvalue weighted by atomic mass is 10.1. The first-order valence-corrected chi connectivity index (χ1v) is 11.1. The van der Waals surface area contributed by atoms with Crippen LogP contribution in [0.4, 0.5) is 11.4 Å². The van der Waals surface area contributed by atoms with E-state index < -0.39 is 10.8 Å². The second-order valence-corrected chi connectivity index (χ2v) is 8.40. The first-order chi connectivity index (χ1) is 16.3. The smallest absolute Gasteiger partial charge is 0.269 e. The van der Waals surface area contributed by atoms with Gasteiger partial charge in [0.05, 0.1) is 15.6 Å². The minimum Gasteiger partial charge on any atom is -0.493 e. The first kappa shape index (κ1) is 24.7. The first-order valence-electron chi connectivity index (χ1n) is 10.0. The predicted octanol–water partition coefficient (Wildman–Crippen LogP) is 5.64. The number of aryl methyl sites for hydroxylation is 1. The van der Waals surface area contributed by atoms with Gasteiger partial charge in [0.1, 0.15) is 18.2 Å². The van der Waals surface area contributed by atoms with E-state index in [0.717, 1.165) is 5.56 Å². The fourth-order valence-electron chi connectivity index (χ4n) is 3.03. The number of non-ortho nitro benzene ring substituents is 1. The fraction of sp³-hybridized carbons (Fsp3) is 0.120. The van der Waals surface area contributed by atoms with Crippen molar-refractivity contribution in [2.45, 2.75) is 13.5 Å². The van der Waals surface area contributed by atoms with Crippen LogP contribution >= 0.6 is 22.6 Å². The molecule has 34 heavy (non-hydrogen) atoms. The van der Waals surface area contributed by atoms with Crippen molar-refractivity contribution in [1.82, 2.24) is 0 Å². The summed E-state index contributed by atoms with van der Waals surface area (Å²) in [5.41, 5.74) is 2.78. The summed E-state index contributed by atoms with van der Waals surface area (Å²) in [5.74, 6) is 0.334. The van der Waals surface area contributed by atoms with E-state index in [1.165, 1.54) is 25.3 Å². The Kier molecular flexibility index (Phi) is 8.21. The van der Waals surface area contributed by atoms with Crippen LogP contribution < -0.4 is 14.8 Å². The Morgan fingerprint density at radius 1 is 1.21 bits per heavy atom. The minimum atomic E-state index is -0.522. The van der Waals surface area contributed by atoms with E-state index in [4.69, 9.17) is 9.47 Å². The van der Waals surface area contributed by atoms with Gasteiger partial charge in [0.15, 0.2) is 11.5 Å². The maximum atomic E-state index is 12.6. The van der Waals surface area contributed by atoms with Gasteiger partial charge in [0.25, 0.3) is 11.6 Å². The summed E-state index contributed by atoms with van der Waals surface area (Å²) in [6.45, 7) is 2.05. The third-order valence-corrected chi connectivity index (χ3v) is 5.54. The fourth-order valence-corrected chi connectivity index (χ4v) is 3.81. The molecule has 0 aliphatic heterocycles. The van der Waals surface area contributed by atoms with Crippen molar-refractivity contribution >= 4 is 45.9 Å². The van der Waals surface area contributed by atoms with Gasteiger partial charge in [-0.2, -0.15) is 5.26 Å². The molecule has 1 N–H and O–H groups in total. The Morgan fingerprint density at radius 3 is 2.59 bits per heavy atom. The monoisotopic (exact) mass is 569 g/mol. The highest BCUT2D eigenvalue weighted by atomic mass is 127. The van der Waals surface area contributed by atoms with E-state index in [9.17, 15) is 20.2 Å². The van der Waals surface area contributed by atoms with Crippen LogP contribution in [0.1, 0.15) is 16.7 Å². The highest BCUT2D eigenvalue weighted by molar-refractivity contribution is 14.1. The SMILES string of the molecule is COc1cc(/C=C(\C#N)C(=O)Nc2ccc(C)cc2)cc(I)c1OCc1cccc([N+](=O)[O-])c1. The Hall–Kier alpha value is -3.91. The van der Waals surface area contributed by atoms with Crippen LogP contribution in [0.2, 0.25) is 0 Å². The number of nitrogens with zero attached hydrogens (tertiary/aromatic N) is 2. The Morgan fingerprint density at radius 2 is 1.94 bits per heavy atom. The van der Waals surface area contributed by atoms with E-state index in [-0.39, 0.29) is 17.9 Å². The third-order valence-electron chi connectivity index (χ3n) is 4.74. The van der Waals surface area contributed by atoms with Crippen molar-refractivity contribution in [3.8, 4) is 17.6 Å².